The monoisotopic (exact) mass is 574 g/mol. The van der Waals surface area contributed by atoms with Gasteiger partial charge in [-0.05, 0) is 41.4 Å². The predicted molar refractivity (Wildman–Crippen MR) is 148 cm³/mol. The number of carbonyl (C=O) groups is 4. The van der Waals surface area contributed by atoms with Crippen molar-refractivity contribution in [1.82, 2.24) is 0 Å². The van der Waals surface area contributed by atoms with Gasteiger partial charge in [-0.1, -0.05) is 48.5 Å². The number of aliphatic hydroxyl groups is 4. The van der Waals surface area contributed by atoms with E-state index in [1.54, 1.807) is 27.7 Å². The molecule has 0 saturated heterocycles. The molecule has 11 heteroatoms. The number of nitrogens with two attached hydrogens (primary N) is 1. The van der Waals surface area contributed by atoms with Crippen LogP contribution in [0.2, 0.25) is 0 Å². The molecule has 226 valence electrons. The van der Waals surface area contributed by atoms with Gasteiger partial charge in [0.1, 0.15) is 17.8 Å². The van der Waals surface area contributed by atoms with Gasteiger partial charge < -0.3 is 36.6 Å². The highest BCUT2D eigenvalue weighted by Crippen LogP contribution is 2.68. The number of aliphatic hydroxyl groups excluding tert-OH is 3. The van der Waals surface area contributed by atoms with Crippen LogP contribution in [0.25, 0.3) is 0 Å². The molecule has 0 spiro atoms. The third kappa shape index (κ3) is 3.85. The van der Waals surface area contributed by atoms with E-state index in [-0.39, 0.29) is 35.1 Å². The maximum atomic E-state index is 14.2. The van der Waals surface area contributed by atoms with E-state index in [0.29, 0.717) is 0 Å². The minimum absolute atomic E-state index is 0.0456. The molecule has 3 aliphatic rings. The van der Waals surface area contributed by atoms with Gasteiger partial charge >= 0.3 is 0 Å². The van der Waals surface area contributed by atoms with Crippen LogP contribution in [0, 0.1) is 40.4 Å². The molecule has 11 nitrogen and oxygen atoms in total. The van der Waals surface area contributed by atoms with Crippen LogP contribution < -0.4 is 11.1 Å². The summed E-state index contributed by atoms with van der Waals surface area (Å²) in [5.74, 6) is -9.94. The number of primary amides is 1. The number of carbonyl (C=O) groups excluding carboxylic acids is 4. The number of phenols is 1. The Kier molecular flexibility index (Phi) is 7.48. The fourth-order valence-electron chi connectivity index (χ4n) is 8.51. The first-order valence-corrected chi connectivity index (χ1v) is 14.1. The highest BCUT2D eigenvalue weighted by Gasteiger charge is 2.80. The van der Waals surface area contributed by atoms with Crippen LogP contribution in [-0.4, -0.2) is 72.8 Å². The molecule has 3 aliphatic carbocycles. The van der Waals surface area contributed by atoms with Gasteiger partial charge in [0.25, 0.3) is 0 Å². The van der Waals surface area contributed by atoms with Crippen molar-refractivity contribution >= 4 is 29.1 Å². The van der Waals surface area contributed by atoms with Gasteiger partial charge in [0.2, 0.25) is 11.8 Å². The molecule has 0 aromatic heterocycles. The van der Waals surface area contributed by atoms with Gasteiger partial charge in [-0.2, -0.15) is 0 Å². The molecular weight excluding hydrogens is 532 g/mol. The molecule has 2 amide bonds. The van der Waals surface area contributed by atoms with E-state index in [2.05, 4.69) is 5.32 Å². The second-order valence-corrected chi connectivity index (χ2v) is 13.4. The molecule has 1 aromatic carbocycles. The molecule has 41 heavy (non-hydrogen) atoms. The molecule has 10 atom stereocenters. The number of hydrogen-bond acceptors (Lipinski definition) is 9. The zero-order chi connectivity index (χ0) is 31.1. The van der Waals surface area contributed by atoms with Crippen LogP contribution in [0.3, 0.4) is 0 Å². The molecule has 0 aliphatic heterocycles. The predicted octanol–water partition coefficient (Wildman–Crippen LogP) is 1.09. The first-order valence-electron chi connectivity index (χ1n) is 14.1. The van der Waals surface area contributed by atoms with Crippen LogP contribution in [0.15, 0.2) is 12.1 Å². The zero-order valence-corrected chi connectivity index (χ0v) is 24.5. The lowest BCUT2D eigenvalue weighted by molar-refractivity contribution is -0.306. The number of ketones is 2. The Labute approximate surface area is 239 Å². The summed E-state index contributed by atoms with van der Waals surface area (Å²) in [6.07, 6.45) is -5.31. The standard InChI is InChI=1S/C30H42N2O9/c1-11(2)10-16(34)32-14-8-9-15(33)18-17(14)13(5)28(6)21(22(18)35)25(38)30(41)24(37)19(26(31)39)23(36)20(12(3)4)29(30,7)27(28)40/h8-9,11-13,19-21,23,25,27,33,36,38,40-41H,10H2,1-7H3,(H2,31,39)(H,32,34)/t13-,19-,20+,21-,23?,25?,27-,28+,29+,30+/m1/s1. The quantitative estimate of drug-likeness (QED) is 0.198. The highest BCUT2D eigenvalue weighted by molar-refractivity contribution is 6.10. The number of anilines is 1. The topological polar surface area (TPSA) is 207 Å². The lowest BCUT2D eigenvalue weighted by Crippen LogP contribution is -2.83. The third-order valence-electron chi connectivity index (χ3n) is 10.5. The number of rotatable bonds is 5. The minimum atomic E-state index is -2.85. The van der Waals surface area contributed by atoms with Gasteiger partial charge in [0.05, 0.1) is 23.7 Å². The maximum Gasteiger partial charge on any atom is 0.230 e. The van der Waals surface area contributed by atoms with Gasteiger partial charge in [-0.3, -0.25) is 19.2 Å². The number of phenolic OH excluding ortho intramolecular Hbond substituents is 1. The number of aromatic hydroxyl groups is 1. The fourth-order valence-corrected chi connectivity index (χ4v) is 8.51. The fraction of sp³-hybridized carbons (Fsp3) is 0.667. The van der Waals surface area contributed by atoms with E-state index in [1.807, 2.05) is 13.8 Å². The van der Waals surface area contributed by atoms with Crippen LogP contribution >= 0.6 is 0 Å². The molecule has 1 aromatic rings. The molecule has 2 saturated carbocycles. The number of Topliss-reactive ketones (excluding diaryl/α,β-unsaturated/α-hetero) is 2. The van der Waals surface area contributed by atoms with Crippen molar-refractivity contribution in [1.29, 1.82) is 0 Å². The Hall–Kier alpha value is -2.86. The van der Waals surface area contributed by atoms with E-state index >= 15 is 0 Å². The molecule has 0 radical (unpaired) electrons. The Balaban J connectivity index is 2.00. The van der Waals surface area contributed by atoms with Crippen LogP contribution in [0.5, 0.6) is 5.75 Å². The van der Waals surface area contributed by atoms with Crippen molar-refractivity contribution in [2.75, 3.05) is 5.32 Å². The Morgan fingerprint density at radius 2 is 1.66 bits per heavy atom. The summed E-state index contributed by atoms with van der Waals surface area (Å²) >= 11 is 0. The number of nitrogens with one attached hydrogen (secondary N) is 1. The lowest BCUT2D eigenvalue weighted by atomic mass is 9.36. The lowest BCUT2D eigenvalue weighted by Gasteiger charge is -2.69. The van der Waals surface area contributed by atoms with Crippen molar-refractivity contribution in [3.05, 3.63) is 23.3 Å². The number of benzene rings is 1. The average molecular weight is 575 g/mol. The summed E-state index contributed by atoms with van der Waals surface area (Å²) in [6.45, 7) is 11.7. The summed E-state index contributed by atoms with van der Waals surface area (Å²) in [5.41, 5.74) is -0.571. The zero-order valence-electron chi connectivity index (χ0n) is 24.5. The average Bonchev–Trinajstić information content (AvgIpc) is 2.84. The second kappa shape index (κ2) is 9.86. The summed E-state index contributed by atoms with van der Waals surface area (Å²) in [6, 6.07) is 2.70. The van der Waals surface area contributed by atoms with Gasteiger partial charge in [0.15, 0.2) is 17.2 Å². The molecule has 2 fully saturated rings. The number of hydrogen-bond donors (Lipinski definition) is 7. The maximum absolute atomic E-state index is 14.2. The first-order chi connectivity index (χ1) is 18.8. The highest BCUT2D eigenvalue weighted by atomic mass is 16.4. The van der Waals surface area contributed by atoms with Crippen molar-refractivity contribution in [2.45, 2.75) is 84.7 Å². The van der Waals surface area contributed by atoms with E-state index < -0.39 is 87.6 Å². The second-order valence-electron chi connectivity index (χ2n) is 13.4. The van der Waals surface area contributed by atoms with Crippen molar-refractivity contribution in [2.24, 2.45) is 46.2 Å². The molecule has 8 N–H and O–H groups in total. The Morgan fingerprint density at radius 3 is 2.17 bits per heavy atom. The summed E-state index contributed by atoms with van der Waals surface area (Å²) in [5, 5.41) is 61.3. The summed E-state index contributed by atoms with van der Waals surface area (Å²) in [7, 11) is 0. The molecule has 0 bridgehead atoms. The molecule has 0 heterocycles. The summed E-state index contributed by atoms with van der Waals surface area (Å²) < 4.78 is 0. The van der Waals surface area contributed by atoms with Crippen molar-refractivity contribution in [3.63, 3.8) is 0 Å². The van der Waals surface area contributed by atoms with E-state index in [9.17, 15) is 44.7 Å². The van der Waals surface area contributed by atoms with Crippen molar-refractivity contribution in [3.8, 4) is 5.75 Å². The molecule has 4 rings (SSSR count). The molecular formula is C30H42N2O9. The van der Waals surface area contributed by atoms with Gasteiger partial charge in [0, 0.05) is 22.9 Å². The number of fused-ring (bicyclic) bond motifs is 3. The van der Waals surface area contributed by atoms with Crippen LogP contribution in [0.1, 0.15) is 76.7 Å². The van der Waals surface area contributed by atoms with Crippen molar-refractivity contribution < 1.29 is 44.7 Å². The van der Waals surface area contributed by atoms with Gasteiger partial charge in [-0.15, -0.1) is 0 Å². The molecule has 2 unspecified atom stereocenters. The van der Waals surface area contributed by atoms with E-state index in [1.165, 1.54) is 19.1 Å². The van der Waals surface area contributed by atoms with E-state index in [0.717, 1.165) is 0 Å². The van der Waals surface area contributed by atoms with Crippen LogP contribution in [0.4, 0.5) is 5.69 Å². The Bertz CT molecular complexity index is 1310. The van der Waals surface area contributed by atoms with Crippen LogP contribution in [-0.2, 0) is 14.4 Å². The number of amides is 2. The Morgan fingerprint density at radius 1 is 1.07 bits per heavy atom. The SMILES string of the molecule is CC(C)CC(=O)Nc1ccc(O)c2c1[C@@H](C)[C@@]1(C)[C@H](C2=O)C(O)[C@@]2(O)C(=O)[C@H](C(N)=O)C(O)[C@H](C(C)C)[C@@]2(C)[C@@H]1O. The third-order valence-corrected chi connectivity index (χ3v) is 10.5. The smallest absolute Gasteiger partial charge is 0.230 e. The van der Waals surface area contributed by atoms with E-state index in [4.69, 9.17) is 5.73 Å². The largest absolute Gasteiger partial charge is 0.507 e. The normalized spacial score (nSPS) is 40.2. The van der Waals surface area contributed by atoms with Gasteiger partial charge in [-0.25, -0.2) is 0 Å². The minimum Gasteiger partial charge on any atom is -0.507 e. The summed E-state index contributed by atoms with van der Waals surface area (Å²) in [4.78, 5) is 53.1. The first kappa shape index (κ1) is 31.1.